The van der Waals surface area contributed by atoms with E-state index < -0.39 is 6.04 Å². The predicted octanol–water partition coefficient (Wildman–Crippen LogP) is 3.19. The molecule has 2 aliphatic rings. The molecule has 4 rings (SSSR count). The Morgan fingerprint density at radius 2 is 2.14 bits per heavy atom. The van der Waals surface area contributed by atoms with E-state index in [1.54, 1.807) is 21.9 Å². The van der Waals surface area contributed by atoms with Gasteiger partial charge in [-0.15, -0.1) is 0 Å². The third-order valence-corrected chi connectivity index (χ3v) is 7.05. The van der Waals surface area contributed by atoms with E-state index in [-0.39, 0.29) is 11.8 Å². The molecule has 7 nitrogen and oxygen atoms in total. The van der Waals surface area contributed by atoms with Crippen LogP contribution < -0.4 is 5.32 Å². The monoisotopic (exact) mass is 416 g/mol. The van der Waals surface area contributed by atoms with Gasteiger partial charge in [0.1, 0.15) is 16.8 Å². The van der Waals surface area contributed by atoms with E-state index in [2.05, 4.69) is 10.4 Å². The van der Waals surface area contributed by atoms with Crippen molar-refractivity contribution in [3.05, 3.63) is 35.4 Å². The fourth-order valence-corrected chi connectivity index (χ4v) is 5.53. The van der Waals surface area contributed by atoms with Crippen LogP contribution in [-0.4, -0.2) is 38.8 Å². The van der Waals surface area contributed by atoms with Crippen molar-refractivity contribution in [3.8, 4) is 0 Å². The van der Waals surface area contributed by atoms with Crippen molar-refractivity contribution in [2.75, 3.05) is 12.3 Å². The fraction of sp³-hybridized carbons (Fsp3) is 0.571. The van der Waals surface area contributed by atoms with Crippen molar-refractivity contribution in [2.45, 2.75) is 56.6 Å². The summed E-state index contributed by atoms with van der Waals surface area (Å²) in [6.45, 7) is 2.85. The lowest BCUT2D eigenvalue weighted by Crippen LogP contribution is -2.46. The normalized spacial score (nSPS) is 20.4. The molecule has 0 saturated heterocycles. The first-order valence-corrected chi connectivity index (χ1v) is 11.3. The average molecular weight is 417 g/mol. The molecule has 2 amide bonds. The summed E-state index contributed by atoms with van der Waals surface area (Å²) in [5.74, 6) is 1.33. The van der Waals surface area contributed by atoms with Crippen LogP contribution in [0.3, 0.4) is 0 Å². The second-order valence-electron chi connectivity index (χ2n) is 7.97. The Morgan fingerprint density at radius 1 is 1.34 bits per heavy atom. The first-order chi connectivity index (χ1) is 14.0. The van der Waals surface area contributed by atoms with Gasteiger partial charge in [-0.25, -0.2) is 0 Å². The summed E-state index contributed by atoms with van der Waals surface area (Å²) in [5.41, 5.74) is 1.66. The molecule has 0 unspecified atom stereocenters. The Balaban J connectivity index is 1.65. The van der Waals surface area contributed by atoms with Crippen molar-refractivity contribution < 1.29 is 14.0 Å². The van der Waals surface area contributed by atoms with Crippen molar-refractivity contribution in [1.29, 1.82) is 0 Å². The van der Waals surface area contributed by atoms with Crippen molar-refractivity contribution in [1.82, 2.24) is 20.0 Å². The number of carbonyl (C=O) groups is 2. The van der Waals surface area contributed by atoms with Gasteiger partial charge in [0.25, 0.3) is 0 Å². The van der Waals surface area contributed by atoms with Crippen LogP contribution in [0.1, 0.15) is 55.2 Å². The molecule has 0 aromatic carbocycles. The highest BCUT2D eigenvalue weighted by Crippen LogP contribution is 2.38. The lowest BCUT2D eigenvalue weighted by Gasteiger charge is -2.34. The van der Waals surface area contributed by atoms with E-state index in [4.69, 9.17) is 4.42 Å². The first kappa shape index (κ1) is 20.1. The third-order valence-electron chi connectivity index (χ3n) is 5.90. The van der Waals surface area contributed by atoms with Crippen LogP contribution in [0, 0.1) is 12.8 Å². The zero-order valence-electron chi connectivity index (χ0n) is 17.0. The molecule has 2 aromatic heterocycles. The molecule has 0 radical (unpaired) electrons. The smallest absolute Gasteiger partial charge is 0.248 e. The van der Waals surface area contributed by atoms with E-state index in [0.29, 0.717) is 30.5 Å². The molecule has 1 saturated carbocycles. The number of nitrogens with zero attached hydrogens (tertiary/aromatic N) is 3. The molecule has 1 fully saturated rings. The zero-order chi connectivity index (χ0) is 20.4. The number of carbonyl (C=O) groups excluding carboxylic acids is 2. The van der Waals surface area contributed by atoms with Crippen molar-refractivity contribution in [2.24, 2.45) is 13.0 Å². The minimum absolute atomic E-state index is 0.0225. The van der Waals surface area contributed by atoms with E-state index in [1.165, 1.54) is 31.0 Å². The lowest BCUT2D eigenvalue weighted by atomic mass is 9.88. The minimum Gasteiger partial charge on any atom is -0.467 e. The molecule has 3 heterocycles. The van der Waals surface area contributed by atoms with Gasteiger partial charge in [0, 0.05) is 19.2 Å². The summed E-state index contributed by atoms with van der Waals surface area (Å²) < 4.78 is 7.14. The molecular formula is C21H28N4O3S. The molecule has 1 atom stereocenters. The highest BCUT2D eigenvalue weighted by Gasteiger charge is 2.39. The van der Waals surface area contributed by atoms with Crippen LogP contribution in [0.25, 0.3) is 0 Å². The fourth-order valence-electron chi connectivity index (χ4n) is 4.46. The van der Waals surface area contributed by atoms with Crippen LogP contribution in [0.4, 0.5) is 0 Å². The maximum Gasteiger partial charge on any atom is 0.248 e. The number of aryl methyl sites for hydroxylation is 2. The zero-order valence-corrected chi connectivity index (χ0v) is 17.8. The highest BCUT2D eigenvalue weighted by atomic mass is 32.2. The SMILES string of the molecule is Cc1nn(C)c2c1[C@@H](C(=O)NCc1ccco1)N(CC1CCCCC1)C(=O)CS2. The number of rotatable bonds is 5. The topological polar surface area (TPSA) is 80.4 Å². The molecule has 1 aliphatic carbocycles. The summed E-state index contributed by atoms with van der Waals surface area (Å²) in [4.78, 5) is 28.3. The number of amides is 2. The van der Waals surface area contributed by atoms with Crippen LogP contribution in [0.5, 0.6) is 0 Å². The second kappa shape index (κ2) is 8.65. The molecule has 29 heavy (non-hydrogen) atoms. The molecular weight excluding hydrogens is 388 g/mol. The number of nitrogens with one attached hydrogen (secondary N) is 1. The van der Waals surface area contributed by atoms with Crippen molar-refractivity contribution >= 4 is 23.6 Å². The highest BCUT2D eigenvalue weighted by molar-refractivity contribution is 8.00. The number of hydrogen-bond donors (Lipinski definition) is 1. The number of hydrogen-bond acceptors (Lipinski definition) is 5. The third kappa shape index (κ3) is 4.22. The molecule has 156 valence electrons. The number of fused-ring (bicyclic) bond motifs is 1. The Bertz CT molecular complexity index is 871. The Morgan fingerprint density at radius 3 is 2.86 bits per heavy atom. The van der Waals surface area contributed by atoms with Crippen molar-refractivity contribution in [3.63, 3.8) is 0 Å². The minimum atomic E-state index is -0.655. The number of furan rings is 1. The summed E-state index contributed by atoms with van der Waals surface area (Å²) in [5, 5.41) is 8.42. The van der Waals surface area contributed by atoms with Gasteiger partial charge in [0.05, 0.1) is 24.3 Å². The molecule has 0 bridgehead atoms. The summed E-state index contributed by atoms with van der Waals surface area (Å²) in [6.07, 6.45) is 7.50. The van der Waals surface area contributed by atoms with Crippen LogP contribution in [-0.2, 0) is 23.2 Å². The Labute approximate surface area is 175 Å². The maximum absolute atomic E-state index is 13.4. The largest absolute Gasteiger partial charge is 0.467 e. The van der Waals surface area contributed by atoms with Crippen LogP contribution in [0.15, 0.2) is 27.8 Å². The van der Waals surface area contributed by atoms with Crippen LogP contribution >= 0.6 is 11.8 Å². The van der Waals surface area contributed by atoms with Gasteiger partial charge < -0.3 is 14.6 Å². The molecule has 8 heteroatoms. The van der Waals surface area contributed by atoms with E-state index >= 15 is 0 Å². The van der Waals surface area contributed by atoms with Gasteiger partial charge in [-0.3, -0.25) is 14.3 Å². The molecule has 1 aliphatic heterocycles. The summed E-state index contributed by atoms with van der Waals surface area (Å²) in [7, 11) is 1.87. The lowest BCUT2D eigenvalue weighted by molar-refractivity contribution is -0.140. The molecule has 0 spiro atoms. The van der Waals surface area contributed by atoms with E-state index in [0.717, 1.165) is 29.1 Å². The van der Waals surface area contributed by atoms with E-state index in [9.17, 15) is 9.59 Å². The maximum atomic E-state index is 13.4. The van der Waals surface area contributed by atoms with Gasteiger partial charge in [-0.05, 0) is 37.8 Å². The quantitative estimate of drug-likeness (QED) is 0.810. The Kier molecular flexibility index (Phi) is 5.99. The van der Waals surface area contributed by atoms with Crippen LogP contribution in [0.2, 0.25) is 0 Å². The predicted molar refractivity (Wildman–Crippen MR) is 110 cm³/mol. The van der Waals surface area contributed by atoms with Gasteiger partial charge in [0.15, 0.2) is 0 Å². The summed E-state index contributed by atoms with van der Waals surface area (Å²) in [6, 6.07) is 2.97. The van der Waals surface area contributed by atoms with Gasteiger partial charge in [-0.1, -0.05) is 31.0 Å². The second-order valence-corrected chi connectivity index (χ2v) is 8.93. The van der Waals surface area contributed by atoms with E-state index in [1.807, 2.05) is 20.0 Å². The number of aromatic nitrogens is 2. The number of thioether (sulfide) groups is 1. The average Bonchev–Trinajstić information content (AvgIpc) is 3.29. The Hall–Kier alpha value is -2.22. The van der Waals surface area contributed by atoms with Gasteiger partial charge in [-0.2, -0.15) is 5.10 Å². The summed E-state index contributed by atoms with van der Waals surface area (Å²) >= 11 is 1.48. The van der Waals surface area contributed by atoms with Gasteiger partial charge in [0.2, 0.25) is 11.8 Å². The van der Waals surface area contributed by atoms with Gasteiger partial charge >= 0.3 is 0 Å². The standard InChI is InChI=1S/C21H28N4O3S/c1-14-18-19(20(27)22-11-16-9-6-10-28-16)25(12-15-7-4-3-5-8-15)17(26)13-29-21(18)24(2)23-14/h6,9-10,15,19H,3-5,7-8,11-13H2,1-2H3,(H,22,27)/t19-/m0/s1. The molecule has 1 N–H and O–H groups in total. The molecule has 2 aromatic rings. The first-order valence-electron chi connectivity index (χ1n) is 10.3.